The molecule has 2 aromatic rings. The summed E-state index contributed by atoms with van der Waals surface area (Å²) in [5.74, 6) is 0.535. The zero-order valence-corrected chi connectivity index (χ0v) is 13.1. The average molecular weight is 313 g/mol. The minimum Gasteiger partial charge on any atom is -0.463 e. The lowest BCUT2D eigenvalue weighted by Crippen LogP contribution is -2.23. The van der Waals surface area contributed by atoms with Crippen LogP contribution in [0.2, 0.25) is 5.28 Å². The zero-order chi connectivity index (χ0) is 14.4. The summed E-state index contributed by atoms with van der Waals surface area (Å²) in [6.45, 7) is 3.41. The van der Waals surface area contributed by atoms with E-state index in [0.29, 0.717) is 12.6 Å². The van der Waals surface area contributed by atoms with Crippen molar-refractivity contribution < 1.29 is 4.74 Å². The maximum atomic E-state index is 5.91. The number of halogens is 1. The molecule has 2 aromatic heterocycles. The molecule has 0 aromatic carbocycles. The van der Waals surface area contributed by atoms with Crippen LogP contribution in [0.1, 0.15) is 18.2 Å². The molecule has 0 aliphatic rings. The van der Waals surface area contributed by atoms with E-state index in [1.165, 1.54) is 4.88 Å². The molecule has 0 radical (unpaired) electrons. The molecule has 0 atom stereocenters. The van der Waals surface area contributed by atoms with Crippen molar-refractivity contribution in [2.45, 2.75) is 19.8 Å². The van der Waals surface area contributed by atoms with Crippen LogP contribution in [0.5, 0.6) is 6.01 Å². The number of anilines is 1. The highest BCUT2D eigenvalue weighted by Crippen LogP contribution is 2.16. The fourth-order valence-electron chi connectivity index (χ4n) is 1.58. The van der Waals surface area contributed by atoms with Gasteiger partial charge >= 0.3 is 6.01 Å². The summed E-state index contributed by atoms with van der Waals surface area (Å²) in [5.41, 5.74) is 0. The van der Waals surface area contributed by atoms with Gasteiger partial charge in [0.05, 0.1) is 6.61 Å². The maximum absolute atomic E-state index is 5.91. The van der Waals surface area contributed by atoms with Gasteiger partial charge in [-0.3, -0.25) is 0 Å². The zero-order valence-electron chi connectivity index (χ0n) is 11.5. The van der Waals surface area contributed by atoms with E-state index >= 15 is 0 Å². The molecule has 7 heteroatoms. The van der Waals surface area contributed by atoms with Crippen molar-refractivity contribution in [3.05, 3.63) is 27.7 Å². The predicted octanol–water partition coefficient (Wildman–Crippen LogP) is 3.05. The van der Waals surface area contributed by atoms with Crippen LogP contribution in [0.25, 0.3) is 0 Å². The van der Waals surface area contributed by atoms with Crippen LogP contribution in [-0.2, 0) is 6.42 Å². The Morgan fingerprint density at radius 3 is 2.90 bits per heavy atom. The van der Waals surface area contributed by atoms with Gasteiger partial charge in [0.15, 0.2) is 0 Å². The van der Waals surface area contributed by atoms with Crippen LogP contribution < -0.4 is 9.64 Å². The number of nitrogens with zero attached hydrogens (tertiary/aromatic N) is 4. The van der Waals surface area contributed by atoms with Crippen LogP contribution in [0, 0.1) is 0 Å². The van der Waals surface area contributed by atoms with Crippen molar-refractivity contribution in [1.29, 1.82) is 0 Å². The Kier molecular flexibility index (Phi) is 5.55. The summed E-state index contributed by atoms with van der Waals surface area (Å²) in [7, 11) is 1.93. The van der Waals surface area contributed by atoms with Crippen LogP contribution >= 0.6 is 22.9 Å². The molecule has 0 aliphatic heterocycles. The SMILES string of the molecule is CCCOc1nc(Cl)nc(N(C)CCc2cccs2)n1. The Balaban J connectivity index is 2.00. The van der Waals surface area contributed by atoms with Crippen molar-refractivity contribution >= 4 is 28.9 Å². The summed E-state index contributed by atoms with van der Waals surface area (Å²) < 4.78 is 5.41. The fourth-order valence-corrected chi connectivity index (χ4v) is 2.43. The summed E-state index contributed by atoms with van der Waals surface area (Å²) in [6.07, 6.45) is 1.84. The second-order valence-electron chi connectivity index (χ2n) is 4.29. The number of hydrogen-bond donors (Lipinski definition) is 0. The van der Waals surface area contributed by atoms with Crippen LogP contribution in [0.15, 0.2) is 17.5 Å². The van der Waals surface area contributed by atoms with E-state index in [1.54, 1.807) is 11.3 Å². The van der Waals surface area contributed by atoms with Gasteiger partial charge < -0.3 is 9.64 Å². The number of ether oxygens (including phenoxy) is 1. The van der Waals surface area contributed by atoms with E-state index in [0.717, 1.165) is 19.4 Å². The largest absolute Gasteiger partial charge is 0.463 e. The lowest BCUT2D eigenvalue weighted by molar-refractivity contribution is 0.291. The van der Waals surface area contributed by atoms with Gasteiger partial charge in [-0.25, -0.2) is 0 Å². The molecular formula is C13H17ClN4OS. The lowest BCUT2D eigenvalue weighted by Gasteiger charge is -2.16. The lowest BCUT2D eigenvalue weighted by atomic mass is 10.3. The van der Waals surface area contributed by atoms with Crippen molar-refractivity contribution in [3.63, 3.8) is 0 Å². The third-order valence-electron chi connectivity index (χ3n) is 2.63. The summed E-state index contributed by atoms with van der Waals surface area (Å²) in [5, 5.41) is 2.23. The normalized spacial score (nSPS) is 10.6. The Morgan fingerprint density at radius 2 is 2.20 bits per heavy atom. The van der Waals surface area contributed by atoms with E-state index < -0.39 is 0 Å². The molecular weight excluding hydrogens is 296 g/mol. The highest BCUT2D eigenvalue weighted by molar-refractivity contribution is 7.09. The molecule has 20 heavy (non-hydrogen) atoms. The number of rotatable bonds is 7. The smallest absolute Gasteiger partial charge is 0.322 e. The Morgan fingerprint density at radius 1 is 1.35 bits per heavy atom. The summed E-state index contributed by atoms with van der Waals surface area (Å²) >= 11 is 7.65. The quantitative estimate of drug-likeness (QED) is 0.786. The summed E-state index contributed by atoms with van der Waals surface area (Å²) in [6, 6.07) is 4.45. The first-order chi connectivity index (χ1) is 9.69. The van der Waals surface area contributed by atoms with E-state index in [9.17, 15) is 0 Å². The van der Waals surface area contributed by atoms with E-state index in [4.69, 9.17) is 16.3 Å². The molecule has 5 nitrogen and oxygen atoms in total. The molecule has 108 valence electrons. The fraction of sp³-hybridized carbons (Fsp3) is 0.462. The second-order valence-corrected chi connectivity index (χ2v) is 5.66. The van der Waals surface area contributed by atoms with E-state index in [2.05, 4.69) is 32.5 Å². The summed E-state index contributed by atoms with van der Waals surface area (Å²) in [4.78, 5) is 15.6. The third kappa shape index (κ3) is 4.31. The van der Waals surface area contributed by atoms with E-state index in [1.807, 2.05) is 18.9 Å². The van der Waals surface area contributed by atoms with Gasteiger partial charge in [0.25, 0.3) is 0 Å². The number of hydrogen-bond acceptors (Lipinski definition) is 6. The minimum absolute atomic E-state index is 0.157. The molecule has 0 saturated carbocycles. The van der Waals surface area contributed by atoms with Crippen LogP contribution in [0.4, 0.5) is 5.95 Å². The molecule has 2 heterocycles. The molecule has 0 aliphatic carbocycles. The van der Waals surface area contributed by atoms with Gasteiger partial charge in [-0.1, -0.05) is 13.0 Å². The number of thiophene rings is 1. The Hall–Kier alpha value is -1.40. The first kappa shape index (κ1) is 15.0. The third-order valence-corrected chi connectivity index (χ3v) is 3.73. The average Bonchev–Trinajstić information content (AvgIpc) is 2.95. The van der Waals surface area contributed by atoms with Gasteiger partial charge in [0.1, 0.15) is 0 Å². The van der Waals surface area contributed by atoms with E-state index in [-0.39, 0.29) is 11.3 Å². The molecule has 0 N–H and O–H groups in total. The van der Waals surface area contributed by atoms with Gasteiger partial charge in [0.2, 0.25) is 11.2 Å². The molecule has 2 rings (SSSR count). The maximum Gasteiger partial charge on any atom is 0.322 e. The monoisotopic (exact) mass is 312 g/mol. The molecule has 0 amide bonds. The number of likely N-dealkylation sites (N-methyl/N-ethyl adjacent to an activating group) is 1. The van der Waals surface area contributed by atoms with Crippen molar-refractivity contribution in [3.8, 4) is 6.01 Å². The Bertz CT molecular complexity index is 535. The standard InChI is InChI=1S/C13H17ClN4OS/c1-3-8-19-13-16-11(14)15-12(17-13)18(2)7-6-10-5-4-9-20-10/h4-5,9H,3,6-8H2,1-2H3. The van der Waals surface area contributed by atoms with Crippen LogP contribution in [-0.4, -0.2) is 35.2 Å². The highest BCUT2D eigenvalue weighted by Gasteiger charge is 2.10. The number of aromatic nitrogens is 3. The van der Waals surface area contributed by atoms with Crippen molar-refractivity contribution in [2.24, 2.45) is 0 Å². The Labute approximate surface area is 127 Å². The van der Waals surface area contributed by atoms with Crippen molar-refractivity contribution in [1.82, 2.24) is 15.0 Å². The van der Waals surface area contributed by atoms with Gasteiger partial charge in [-0.2, -0.15) is 15.0 Å². The molecule has 0 saturated heterocycles. The van der Waals surface area contributed by atoms with Gasteiger partial charge in [0, 0.05) is 18.5 Å². The highest BCUT2D eigenvalue weighted by atomic mass is 35.5. The second kappa shape index (κ2) is 7.40. The first-order valence-corrected chi connectivity index (χ1v) is 7.72. The van der Waals surface area contributed by atoms with Gasteiger partial charge in [-0.15, -0.1) is 11.3 Å². The predicted molar refractivity (Wildman–Crippen MR) is 81.9 cm³/mol. The molecule has 0 spiro atoms. The molecule has 0 bridgehead atoms. The van der Waals surface area contributed by atoms with Crippen LogP contribution in [0.3, 0.4) is 0 Å². The van der Waals surface area contributed by atoms with Crippen molar-refractivity contribution in [2.75, 3.05) is 25.1 Å². The molecule has 0 unspecified atom stereocenters. The first-order valence-electron chi connectivity index (χ1n) is 6.47. The molecule has 0 fully saturated rings. The topological polar surface area (TPSA) is 51.1 Å². The minimum atomic E-state index is 0.157. The van der Waals surface area contributed by atoms with Gasteiger partial charge in [-0.05, 0) is 35.9 Å².